The van der Waals surface area contributed by atoms with Crippen LogP contribution in [0.4, 0.5) is 4.39 Å². The molecule has 154 valence electrons. The molecule has 1 fully saturated rings. The first-order valence-electron chi connectivity index (χ1n) is 9.09. The highest BCUT2D eigenvalue weighted by Gasteiger charge is 2.45. The molecule has 0 radical (unpaired) electrons. The van der Waals surface area contributed by atoms with Gasteiger partial charge in [-0.25, -0.2) is 17.6 Å². The molecule has 1 unspecified atom stereocenters. The molecular weight excluding hydrogens is 411 g/mol. The van der Waals surface area contributed by atoms with Crippen LogP contribution in [0.2, 0.25) is 5.02 Å². The van der Waals surface area contributed by atoms with Crippen LogP contribution in [0, 0.1) is 5.82 Å². The first-order valence-corrected chi connectivity index (χ1v) is 11.2. The topological polar surface area (TPSA) is 78.9 Å². The highest BCUT2D eigenvalue weighted by molar-refractivity contribution is 7.91. The Morgan fingerprint density at radius 1 is 1.36 bits per heavy atom. The smallest absolute Gasteiger partial charge is 0.335 e. The predicted molar refractivity (Wildman–Crippen MR) is 101 cm³/mol. The molecule has 2 aliphatic rings. The second-order valence-corrected chi connectivity index (χ2v) is 9.34. The molecule has 0 aromatic heterocycles. The fourth-order valence-corrected chi connectivity index (χ4v) is 5.67. The Labute approximate surface area is 168 Å². The van der Waals surface area contributed by atoms with E-state index in [0.29, 0.717) is 19.6 Å². The molecule has 3 rings (SSSR count). The van der Waals surface area contributed by atoms with Crippen LogP contribution in [0.3, 0.4) is 0 Å². The van der Waals surface area contributed by atoms with Crippen LogP contribution in [-0.2, 0) is 34.6 Å². The fourth-order valence-electron chi connectivity index (χ4n) is 3.44. The summed E-state index contributed by atoms with van der Waals surface area (Å²) < 4.78 is 56.0. The van der Waals surface area contributed by atoms with Crippen molar-refractivity contribution in [2.45, 2.75) is 43.0 Å². The monoisotopic (exact) mass is 432 g/mol. The van der Waals surface area contributed by atoms with Gasteiger partial charge in [-0.2, -0.15) is 0 Å². The Bertz CT molecular complexity index is 876. The average molecular weight is 433 g/mol. The Kier molecular flexibility index (Phi) is 6.44. The van der Waals surface area contributed by atoms with E-state index in [9.17, 15) is 17.6 Å². The summed E-state index contributed by atoms with van der Waals surface area (Å²) in [5.41, 5.74) is 0.282. The third-order valence-corrected chi connectivity index (χ3v) is 7.20. The van der Waals surface area contributed by atoms with Crippen LogP contribution in [0.15, 0.2) is 29.8 Å². The van der Waals surface area contributed by atoms with E-state index in [1.165, 1.54) is 12.1 Å². The van der Waals surface area contributed by atoms with E-state index in [4.69, 9.17) is 25.8 Å². The summed E-state index contributed by atoms with van der Waals surface area (Å²) in [5, 5.41) is -1.05. The zero-order chi connectivity index (χ0) is 20.4. The van der Waals surface area contributed by atoms with Crippen LogP contribution in [0.25, 0.3) is 0 Å². The van der Waals surface area contributed by atoms with Crippen molar-refractivity contribution in [3.8, 4) is 0 Å². The third-order valence-electron chi connectivity index (χ3n) is 4.78. The summed E-state index contributed by atoms with van der Waals surface area (Å²) >= 11 is 5.99. The number of rotatable bonds is 5. The highest BCUT2D eigenvalue weighted by atomic mass is 35.5. The largest absolute Gasteiger partial charge is 0.463 e. The molecule has 1 saturated heterocycles. The SMILES string of the molecule is CCOC(=O)C1=CC2(CCC1S(=O)(=O)Cc1ccc(F)cc1Cl)OCCCO2. The Morgan fingerprint density at radius 3 is 2.71 bits per heavy atom. The maximum absolute atomic E-state index is 13.3. The zero-order valence-electron chi connectivity index (χ0n) is 15.5. The summed E-state index contributed by atoms with van der Waals surface area (Å²) in [6.45, 7) is 2.69. The molecule has 1 aliphatic carbocycles. The van der Waals surface area contributed by atoms with Gasteiger partial charge in [0, 0.05) is 11.4 Å². The van der Waals surface area contributed by atoms with Crippen molar-refractivity contribution in [3.05, 3.63) is 46.3 Å². The van der Waals surface area contributed by atoms with Crippen LogP contribution in [-0.4, -0.2) is 45.2 Å². The zero-order valence-corrected chi connectivity index (χ0v) is 17.0. The minimum atomic E-state index is -3.83. The van der Waals surface area contributed by atoms with Crippen molar-refractivity contribution in [3.63, 3.8) is 0 Å². The minimum Gasteiger partial charge on any atom is -0.463 e. The molecule has 1 aliphatic heterocycles. The Balaban J connectivity index is 1.93. The lowest BCUT2D eigenvalue weighted by atomic mass is 9.93. The van der Waals surface area contributed by atoms with E-state index in [-0.39, 0.29) is 29.2 Å². The molecule has 1 spiro atoms. The summed E-state index contributed by atoms with van der Waals surface area (Å²) in [5.74, 6) is -2.77. The molecule has 1 aromatic carbocycles. The molecule has 28 heavy (non-hydrogen) atoms. The first-order chi connectivity index (χ1) is 13.3. The average Bonchev–Trinajstić information content (AvgIpc) is 2.64. The molecule has 9 heteroatoms. The van der Waals surface area contributed by atoms with Gasteiger partial charge in [0.15, 0.2) is 15.6 Å². The summed E-state index contributed by atoms with van der Waals surface area (Å²) in [7, 11) is -3.83. The van der Waals surface area contributed by atoms with Gasteiger partial charge < -0.3 is 14.2 Å². The molecule has 6 nitrogen and oxygen atoms in total. The van der Waals surface area contributed by atoms with E-state index >= 15 is 0 Å². The molecule has 0 N–H and O–H groups in total. The molecule has 1 aromatic rings. The molecule has 0 saturated carbocycles. The number of benzene rings is 1. The van der Waals surface area contributed by atoms with Crippen molar-refractivity contribution in [1.82, 2.24) is 0 Å². The van der Waals surface area contributed by atoms with Gasteiger partial charge >= 0.3 is 5.97 Å². The first kappa shape index (κ1) is 21.2. The van der Waals surface area contributed by atoms with Gasteiger partial charge in [-0.15, -0.1) is 0 Å². The maximum atomic E-state index is 13.3. The van der Waals surface area contributed by atoms with Gasteiger partial charge in [0.25, 0.3) is 0 Å². The second-order valence-electron chi connectivity index (χ2n) is 6.75. The number of sulfone groups is 1. The lowest BCUT2D eigenvalue weighted by molar-refractivity contribution is -0.242. The fraction of sp³-hybridized carbons (Fsp3) is 0.526. The molecule has 0 bridgehead atoms. The number of halogens is 2. The van der Waals surface area contributed by atoms with Gasteiger partial charge in [0.05, 0.1) is 36.4 Å². The number of hydrogen-bond acceptors (Lipinski definition) is 6. The number of esters is 1. The van der Waals surface area contributed by atoms with E-state index in [0.717, 1.165) is 18.6 Å². The Morgan fingerprint density at radius 2 is 2.07 bits per heavy atom. The number of carbonyl (C=O) groups excluding carboxylic acids is 1. The van der Waals surface area contributed by atoms with Gasteiger partial charge in [0.2, 0.25) is 0 Å². The molecule has 1 atom stereocenters. The lowest BCUT2D eigenvalue weighted by Gasteiger charge is -2.39. The van der Waals surface area contributed by atoms with Crippen LogP contribution in [0.1, 0.15) is 31.7 Å². The lowest BCUT2D eigenvalue weighted by Crippen LogP contribution is -2.45. The van der Waals surface area contributed by atoms with Crippen molar-refractivity contribution in [2.75, 3.05) is 19.8 Å². The molecule has 1 heterocycles. The number of ether oxygens (including phenoxy) is 3. The Hall–Kier alpha value is -1.48. The van der Waals surface area contributed by atoms with Gasteiger partial charge in [-0.05, 0) is 43.5 Å². The van der Waals surface area contributed by atoms with E-state index < -0.39 is 38.4 Å². The van der Waals surface area contributed by atoms with Crippen molar-refractivity contribution in [2.24, 2.45) is 0 Å². The van der Waals surface area contributed by atoms with E-state index in [1.807, 2.05) is 0 Å². The summed E-state index contributed by atoms with van der Waals surface area (Å²) in [6, 6.07) is 3.55. The van der Waals surface area contributed by atoms with Gasteiger partial charge in [-0.3, -0.25) is 0 Å². The van der Waals surface area contributed by atoms with Crippen LogP contribution < -0.4 is 0 Å². The highest BCUT2D eigenvalue weighted by Crippen LogP contribution is 2.38. The summed E-state index contributed by atoms with van der Waals surface area (Å²) in [4.78, 5) is 12.5. The predicted octanol–water partition coefficient (Wildman–Crippen LogP) is 3.18. The van der Waals surface area contributed by atoms with Gasteiger partial charge in [0.1, 0.15) is 5.82 Å². The second kappa shape index (κ2) is 8.49. The van der Waals surface area contributed by atoms with Gasteiger partial charge in [-0.1, -0.05) is 17.7 Å². The molecule has 0 amide bonds. The minimum absolute atomic E-state index is 0.00762. The standard InChI is InChI=1S/C19H22ClFO6S/c1-2-25-18(22)15-11-19(26-8-3-9-27-19)7-6-17(15)28(23,24)12-13-4-5-14(21)10-16(13)20/h4-5,10-11,17H,2-3,6-9,12H2,1H3. The maximum Gasteiger partial charge on any atom is 0.335 e. The van der Waals surface area contributed by atoms with Crippen molar-refractivity contribution >= 4 is 27.4 Å². The van der Waals surface area contributed by atoms with Crippen molar-refractivity contribution < 1.29 is 31.8 Å². The quantitative estimate of drug-likeness (QED) is 0.665. The number of hydrogen-bond donors (Lipinski definition) is 0. The third kappa shape index (κ3) is 4.56. The normalized spacial score (nSPS) is 22.0. The van der Waals surface area contributed by atoms with Crippen molar-refractivity contribution in [1.29, 1.82) is 0 Å². The number of carbonyl (C=O) groups is 1. The van der Waals surface area contributed by atoms with E-state index in [1.54, 1.807) is 6.92 Å². The van der Waals surface area contributed by atoms with E-state index in [2.05, 4.69) is 0 Å². The molecular formula is C19H22ClFO6S. The van der Waals surface area contributed by atoms with Crippen LogP contribution >= 0.6 is 11.6 Å². The summed E-state index contributed by atoms with van der Waals surface area (Å²) in [6.07, 6.45) is 2.63. The van der Waals surface area contributed by atoms with Crippen LogP contribution in [0.5, 0.6) is 0 Å².